The first kappa shape index (κ1) is 12.8. The van der Waals surface area contributed by atoms with Crippen LogP contribution in [-0.4, -0.2) is 10.9 Å². The lowest BCUT2D eigenvalue weighted by molar-refractivity contribution is 0.0952. The molecule has 3 rings (SSSR count). The molecule has 0 bridgehead atoms. The van der Waals surface area contributed by atoms with Gasteiger partial charge in [0.05, 0.1) is 0 Å². The third kappa shape index (κ3) is 2.53. The first-order chi connectivity index (χ1) is 9.74. The van der Waals surface area contributed by atoms with Crippen LogP contribution in [0, 0.1) is 0 Å². The third-order valence-corrected chi connectivity index (χ3v) is 3.46. The van der Waals surface area contributed by atoms with Gasteiger partial charge in [-0.05, 0) is 35.9 Å². The average Bonchev–Trinajstić information content (AvgIpc) is 2.94. The van der Waals surface area contributed by atoms with E-state index in [2.05, 4.69) is 10.3 Å². The van der Waals surface area contributed by atoms with E-state index in [-0.39, 0.29) is 5.91 Å². The fourth-order valence-corrected chi connectivity index (χ4v) is 2.29. The van der Waals surface area contributed by atoms with Crippen molar-refractivity contribution in [3.63, 3.8) is 0 Å². The number of amides is 1. The number of H-pyrrole nitrogens is 1. The van der Waals surface area contributed by atoms with E-state index in [0.717, 1.165) is 16.5 Å². The number of hydrogen-bond acceptors (Lipinski definition) is 1. The minimum absolute atomic E-state index is 0.0786. The van der Waals surface area contributed by atoms with Crippen molar-refractivity contribution in [2.45, 2.75) is 6.54 Å². The van der Waals surface area contributed by atoms with E-state index in [0.29, 0.717) is 17.1 Å². The van der Waals surface area contributed by atoms with Crippen molar-refractivity contribution >= 4 is 28.4 Å². The highest BCUT2D eigenvalue weighted by Crippen LogP contribution is 2.17. The van der Waals surface area contributed by atoms with Crippen molar-refractivity contribution in [1.82, 2.24) is 10.3 Å². The van der Waals surface area contributed by atoms with Crippen LogP contribution in [0.15, 0.2) is 54.7 Å². The molecule has 1 amide bonds. The van der Waals surface area contributed by atoms with Gasteiger partial charge in [-0.3, -0.25) is 4.79 Å². The number of aromatic nitrogens is 1. The fourth-order valence-electron chi connectivity index (χ4n) is 2.16. The summed E-state index contributed by atoms with van der Waals surface area (Å²) in [6.07, 6.45) is 1.83. The summed E-state index contributed by atoms with van der Waals surface area (Å²) in [5, 5.41) is 4.54. The normalized spacial score (nSPS) is 10.7. The van der Waals surface area contributed by atoms with E-state index in [1.807, 2.05) is 54.7 Å². The molecule has 0 saturated heterocycles. The lowest BCUT2D eigenvalue weighted by atomic mass is 10.1. The van der Waals surface area contributed by atoms with E-state index < -0.39 is 0 Å². The Morgan fingerprint density at radius 3 is 2.70 bits per heavy atom. The molecule has 0 aliphatic heterocycles. The minimum Gasteiger partial charge on any atom is -0.361 e. The highest BCUT2D eigenvalue weighted by Gasteiger charge is 2.09. The van der Waals surface area contributed by atoms with Crippen LogP contribution in [-0.2, 0) is 6.54 Å². The molecular weight excluding hydrogens is 272 g/mol. The zero-order valence-corrected chi connectivity index (χ0v) is 11.4. The Morgan fingerprint density at radius 1 is 1.10 bits per heavy atom. The topological polar surface area (TPSA) is 44.9 Å². The number of halogens is 1. The van der Waals surface area contributed by atoms with Gasteiger partial charge < -0.3 is 10.3 Å². The van der Waals surface area contributed by atoms with Crippen molar-refractivity contribution in [1.29, 1.82) is 0 Å². The van der Waals surface area contributed by atoms with Crippen molar-refractivity contribution in [2.75, 3.05) is 0 Å². The molecule has 0 aliphatic carbocycles. The Hall–Kier alpha value is -2.26. The zero-order valence-electron chi connectivity index (χ0n) is 10.7. The van der Waals surface area contributed by atoms with Crippen molar-refractivity contribution < 1.29 is 4.79 Å². The molecule has 0 atom stereocenters. The quantitative estimate of drug-likeness (QED) is 0.756. The maximum absolute atomic E-state index is 12.2. The van der Waals surface area contributed by atoms with Gasteiger partial charge >= 0.3 is 0 Å². The van der Waals surface area contributed by atoms with E-state index in [1.54, 1.807) is 0 Å². The number of aromatic amines is 1. The number of hydrogen-bond donors (Lipinski definition) is 2. The number of benzene rings is 2. The number of carbonyl (C=O) groups excluding carboxylic acids is 1. The monoisotopic (exact) mass is 284 g/mol. The molecular formula is C16H13ClN2O. The van der Waals surface area contributed by atoms with Crippen LogP contribution in [0.5, 0.6) is 0 Å². The Morgan fingerprint density at radius 2 is 1.90 bits per heavy atom. The Bertz CT molecular complexity index is 747. The predicted molar refractivity (Wildman–Crippen MR) is 80.9 cm³/mol. The van der Waals surface area contributed by atoms with Crippen LogP contribution in [0.2, 0.25) is 5.02 Å². The maximum atomic E-state index is 12.2. The second-order valence-electron chi connectivity index (χ2n) is 4.55. The van der Waals surface area contributed by atoms with E-state index in [1.165, 1.54) is 0 Å². The molecule has 2 N–H and O–H groups in total. The number of fused-ring (bicyclic) bond motifs is 1. The summed E-state index contributed by atoms with van der Waals surface area (Å²) in [4.78, 5) is 15.3. The third-order valence-electron chi connectivity index (χ3n) is 3.21. The van der Waals surface area contributed by atoms with Gasteiger partial charge in [-0.25, -0.2) is 0 Å². The van der Waals surface area contributed by atoms with Crippen molar-refractivity contribution in [2.24, 2.45) is 0 Å². The molecule has 0 unspecified atom stereocenters. The summed E-state index contributed by atoms with van der Waals surface area (Å²) in [5.74, 6) is -0.0786. The first-order valence-electron chi connectivity index (χ1n) is 6.33. The Balaban J connectivity index is 1.76. The minimum atomic E-state index is -0.0786. The van der Waals surface area contributed by atoms with Crippen LogP contribution < -0.4 is 5.32 Å². The Labute approximate surface area is 121 Å². The highest BCUT2D eigenvalue weighted by molar-refractivity contribution is 6.30. The van der Waals surface area contributed by atoms with Gasteiger partial charge in [0, 0.05) is 34.2 Å². The van der Waals surface area contributed by atoms with E-state index in [9.17, 15) is 4.79 Å². The molecule has 3 nitrogen and oxygen atoms in total. The largest absolute Gasteiger partial charge is 0.361 e. The summed E-state index contributed by atoms with van der Waals surface area (Å²) < 4.78 is 0. The van der Waals surface area contributed by atoms with Crippen LogP contribution in [0.4, 0.5) is 0 Å². The molecule has 100 valence electrons. The number of carbonyl (C=O) groups is 1. The van der Waals surface area contributed by atoms with Crippen molar-refractivity contribution in [3.05, 3.63) is 70.9 Å². The summed E-state index contributed by atoms with van der Waals surface area (Å²) in [5.41, 5.74) is 2.66. The van der Waals surface area contributed by atoms with Gasteiger partial charge in [0.25, 0.3) is 5.91 Å². The van der Waals surface area contributed by atoms with Gasteiger partial charge in [-0.1, -0.05) is 29.8 Å². The molecule has 1 heterocycles. The molecule has 2 aromatic carbocycles. The molecule has 0 radical (unpaired) electrons. The highest BCUT2D eigenvalue weighted by atomic mass is 35.5. The van der Waals surface area contributed by atoms with Gasteiger partial charge in [-0.2, -0.15) is 0 Å². The summed E-state index contributed by atoms with van der Waals surface area (Å²) >= 11 is 5.83. The van der Waals surface area contributed by atoms with Crippen LogP contribution in [0.25, 0.3) is 10.9 Å². The van der Waals surface area contributed by atoms with Crippen LogP contribution in [0.3, 0.4) is 0 Å². The summed E-state index contributed by atoms with van der Waals surface area (Å²) in [6, 6.07) is 15.0. The van der Waals surface area contributed by atoms with Crippen LogP contribution in [0.1, 0.15) is 15.9 Å². The molecule has 1 aromatic heterocycles. The predicted octanol–water partition coefficient (Wildman–Crippen LogP) is 3.75. The zero-order chi connectivity index (χ0) is 13.9. The molecule has 0 saturated carbocycles. The average molecular weight is 285 g/mol. The first-order valence-corrected chi connectivity index (χ1v) is 6.70. The number of rotatable bonds is 3. The van der Waals surface area contributed by atoms with Crippen molar-refractivity contribution in [3.8, 4) is 0 Å². The molecule has 0 fully saturated rings. The van der Waals surface area contributed by atoms with Gasteiger partial charge in [0.1, 0.15) is 0 Å². The molecule has 3 aromatic rings. The maximum Gasteiger partial charge on any atom is 0.252 e. The smallest absolute Gasteiger partial charge is 0.252 e. The second-order valence-corrected chi connectivity index (χ2v) is 4.99. The van der Waals surface area contributed by atoms with Gasteiger partial charge in [0.2, 0.25) is 0 Å². The van der Waals surface area contributed by atoms with Crippen LogP contribution >= 0.6 is 11.6 Å². The standard InChI is InChI=1S/C16H13ClN2O/c17-12-6-4-11(5-7-12)10-19-16(20)14-2-1-3-15-13(14)8-9-18-15/h1-9,18H,10H2,(H,19,20). The molecule has 0 spiro atoms. The fraction of sp³-hybridized carbons (Fsp3) is 0.0625. The summed E-state index contributed by atoms with van der Waals surface area (Å²) in [7, 11) is 0. The molecule has 20 heavy (non-hydrogen) atoms. The van der Waals surface area contributed by atoms with E-state index in [4.69, 9.17) is 11.6 Å². The summed E-state index contributed by atoms with van der Waals surface area (Å²) in [6.45, 7) is 0.483. The van der Waals surface area contributed by atoms with E-state index >= 15 is 0 Å². The molecule has 4 heteroatoms. The number of nitrogens with one attached hydrogen (secondary N) is 2. The van der Waals surface area contributed by atoms with Gasteiger partial charge in [0.15, 0.2) is 0 Å². The SMILES string of the molecule is O=C(NCc1ccc(Cl)cc1)c1cccc2[nH]ccc12. The Kier molecular flexibility index (Phi) is 3.44. The second kappa shape index (κ2) is 5.39. The lowest BCUT2D eigenvalue weighted by Gasteiger charge is -2.06. The molecule has 0 aliphatic rings. The van der Waals surface area contributed by atoms with Gasteiger partial charge in [-0.15, -0.1) is 0 Å². The lowest BCUT2D eigenvalue weighted by Crippen LogP contribution is -2.22.